The summed E-state index contributed by atoms with van der Waals surface area (Å²) in [4.78, 5) is 16.2. The fourth-order valence-electron chi connectivity index (χ4n) is 3.80. The van der Waals surface area contributed by atoms with Crippen LogP contribution in [0.15, 0.2) is 17.5 Å². The fraction of sp³-hybridized carbons (Fsp3) is 0.706. The first-order chi connectivity index (χ1) is 10.1. The van der Waals surface area contributed by atoms with Crippen LogP contribution in [0, 0.1) is 5.92 Å². The maximum Gasteiger partial charge on any atom is 0.240 e. The van der Waals surface area contributed by atoms with Crippen molar-refractivity contribution in [2.24, 2.45) is 5.92 Å². The number of nitrogens with zero attached hydrogens (tertiary/aromatic N) is 1. The number of thiophene rings is 1. The van der Waals surface area contributed by atoms with Crippen LogP contribution in [0.5, 0.6) is 0 Å². The van der Waals surface area contributed by atoms with E-state index in [1.807, 2.05) is 4.90 Å². The van der Waals surface area contributed by atoms with Crippen molar-refractivity contribution in [2.75, 3.05) is 0 Å². The molecule has 1 saturated heterocycles. The van der Waals surface area contributed by atoms with Gasteiger partial charge in [0, 0.05) is 17.0 Å². The van der Waals surface area contributed by atoms with Crippen LogP contribution in [0.4, 0.5) is 0 Å². The molecule has 0 spiro atoms. The van der Waals surface area contributed by atoms with E-state index in [0.717, 1.165) is 18.9 Å². The van der Waals surface area contributed by atoms with Crippen LogP contribution in [-0.2, 0) is 11.3 Å². The minimum Gasteiger partial charge on any atom is -0.334 e. The van der Waals surface area contributed by atoms with Gasteiger partial charge >= 0.3 is 0 Å². The molecule has 4 heteroatoms. The van der Waals surface area contributed by atoms with E-state index in [1.165, 1.54) is 30.6 Å². The van der Waals surface area contributed by atoms with Gasteiger partial charge in [-0.15, -0.1) is 11.3 Å². The van der Waals surface area contributed by atoms with E-state index in [0.29, 0.717) is 11.9 Å². The van der Waals surface area contributed by atoms with Gasteiger partial charge in [-0.25, -0.2) is 0 Å². The lowest BCUT2D eigenvalue weighted by Crippen LogP contribution is -2.47. The topological polar surface area (TPSA) is 32.3 Å². The summed E-state index contributed by atoms with van der Waals surface area (Å²) in [6.45, 7) is 4.99. The monoisotopic (exact) mass is 306 g/mol. The lowest BCUT2D eigenvalue weighted by molar-refractivity contribution is -0.135. The zero-order valence-corrected chi connectivity index (χ0v) is 13.9. The first kappa shape index (κ1) is 15.0. The molecule has 2 aliphatic rings. The number of nitrogens with one attached hydrogen (secondary N) is 1. The smallest absolute Gasteiger partial charge is 0.240 e. The molecule has 1 aromatic heterocycles. The zero-order chi connectivity index (χ0) is 14.8. The first-order valence-electron chi connectivity index (χ1n) is 8.24. The van der Waals surface area contributed by atoms with Crippen LogP contribution in [0.25, 0.3) is 0 Å². The molecular weight excluding hydrogens is 280 g/mol. The maximum absolute atomic E-state index is 12.9. The molecular formula is C17H26N2OS. The van der Waals surface area contributed by atoms with Gasteiger partial charge in [0.2, 0.25) is 5.91 Å². The second kappa shape index (κ2) is 6.49. The van der Waals surface area contributed by atoms with Crippen molar-refractivity contribution >= 4 is 17.2 Å². The average molecular weight is 306 g/mol. The Hall–Kier alpha value is -0.870. The maximum atomic E-state index is 12.9. The Kier molecular flexibility index (Phi) is 4.65. The molecule has 0 bridgehead atoms. The van der Waals surface area contributed by atoms with Crippen LogP contribution in [0.1, 0.15) is 50.8 Å². The number of rotatable bonds is 4. The Bertz CT molecular complexity index is 457. The SMILES string of the molecule is CC(C)N(Cc1cccs1)C(=O)C1CC2CCCCC2N1. The minimum absolute atomic E-state index is 0.0421. The number of carbonyl (C=O) groups is 1. The number of hydrogen-bond donors (Lipinski definition) is 1. The summed E-state index contributed by atoms with van der Waals surface area (Å²) in [7, 11) is 0. The Morgan fingerprint density at radius 2 is 2.24 bits per heavy atom. The second-order valence-corrected chi connectivity index (χ2v) is 7.78. The Labute approximate surface area is 131 Å². The van der Waals surface area contributed by atoms with Crippen LogP contribution in [0.3, 0.4) is 0 Å². The Morgan fingerprint density at radius 3 is 2.90 bits per heavy atom. The highest BCUT2D eigenvalue weighted by Gasteiger charge is 2.40. The summed E-state index contributed by atoms with van der Waals surface area (Å²) in [5.74, 6) is 1.02. The molecule has 1 N–H and O–H groups in total. The van der Waals surface area contributed by atoms with Gasteiger partial charge in [0.25, 0.3) is 0 Å². The van der Waals surface area contributed by atoms with Gasteiger partial charge in [-0.2, -0.15) is 0 Å². The van der Waals surface area contributed by atoms with Gasteiger partial charge in [-0.05, 0) is 50.5 Å². The van der Waals surface area contributed by atoms with Crippen molar-refractivity contribution in [3.63, 3.8) is 0 Å². The van der Waals surface area contributed by atoms with E-state index < -0.39 is 0 Å². The lowest BCUT2D eigenvalue weighted by atomic mass is 9.85. The minimum atomic E-state index is 0.0421. The molecule has 116 valence electrons. The highest BCUT2D eigenvalue weighted by atomic mass is 32.1. The van der Waals surface area contributed by atoms with Gasteiger partial charge in [-0.1, -0.05) is 18.9 Å². The Morgan fingerprint density at radius 1 is 1.43 bits per heavy atom. The van der Waals surface area contributed by atoms with Crippen molar-refractivity contribution in [3.05, 3.63) is 22.4 Å². The summed E-state index contributed by atoms with van der Waals surface area (Å²) < 4.78 is 0. The van der Waals surface area contributed by atoms with Gasteiger partial charge in [0.05, 0.1) is 12.6 Å². The van der Waals surface area contributed by atoms with Crippen LogP contribution < -0.4 is 5.32 Å². The molecule has 1 aromatic rings. The predicted octanol–water partition coefficient (Wildman–Crippen LogP) is 3.41. The van der Waals surface area contributed by atoms with Crippen LogP contribution in [-0.4, -0.2) is 28.9 Å². The number of fused-ring (bicyclic) bond motifs is 1. The highest BCUT2D eigenvalue weighted by molar-refractivity contribution is 7.09. The number of hydrogen-bond acceptors (Lipinski definition) is 3. The molecule has 1 aliphatic carbocycles. The zero-order valence-electron chi connectivity index (χ0n) is 13.0. The second-order valence-electron chi connectivity index (χ2n) is 6.75. The quantitative estimate of drug-likeness (QED) is 0.924. The molecule has 1 amide bonds. The molecule has 3 rings (SSSR count). The van der Waals surface area contributed by atoms with E-state index in [4.69, 9.17) is 0 Å². The molecule has 1 aliphatic heterocycles. The summed E-state index contributed by atoms with van der Waals surface area (Å²) in [6.07, 6.45) is 6.25. The lowest BCUT2D eigenvalue weighted by Gasteiger charge is -2.29. The van der Waals surface area contributed by atoms with Crippen LogP contribution >= 0.6 is 11.3 Å². The van der Waals surface area contributed by atoms with Crippen molar-refractivity contribution < 1.29 is 4.79 Å². The molecule has 2 fully saturated rings. The summed E-state index contributed by atoms with van der Waals surface area (Å²) in [6, 6.07) is 5.06. The molecule has 3 nitrogen and oxygen atoms in total. The van der Waals surface area contributed by atoms with Crippen molar-refractivity contribution in [2.45, 2.75) is 70.6 Å². The third-order valence-corrected chi connectivity index (χ3v) is 5.83. The molecule has 1 saturated carbocycles. The fourth-order valence-corrected chi connectivity index (χ4v) is 4.50. The molecule has 2 heterocycles. The van der Waals surface area contributed by atoms with Crippen molar-refractivity contribution in [3.8, 4) is 0 Å². The first-order valence-corrected chi connectivity index (χ1v) is 9.12. The predicted molar refractivity (Wildman–Crippen MR) is 87.3 cm³/mol. The standard InChI is InChI=1S/C17H26N2OS/c1-12(2)19(11-14-7-5-9-21-14)17(20)16-10-13-6-3-4-8-15(13)18-16/h5,7,9,12-13,15-16,18H,3-4,6,8,10-11H2,1-2H3. The number of amides is 1. The van der Waals surface area contributed by atoms with E-state index in [9.17, 15) is 4.79 Å². The van der Waals surface area contributed by atoms with Crippen molar-refractivity contribution in [1.29, 1.82) is 0 Å². The molecule has 0 aromatic carbocycles. The summed E-state index contributed by atoms with van der Waals surface area (Å²) in [5, 5.41) is 5.70. The Balaban J connectivity index is 1.66. The van der Waals surface area contributed by atoms with E-state index >= 15 is 0 Å². The third-order valence-electron chi connectivity index (χ3n) is 4.97. The average Bonchev–Trinajstić information content (AvgIpc) is 3.12. The van der Waals surface area contributed by atoms with Gasteiger partial charge in [-0.3, -0.25) is 4.79 Å². The summed E-state index contributed by atoms with van der Waals surface area (Å²) >= 11 is 1.73. The van der Waals surface area contributed by atoms with Crippen LogP contribution in [0.2, 0.25) is 0 Å². The van der Waals surface area contributed by atoms with E-state index in [-0.39, 0.29) is 12.1 Å². The van der Waals surface area contributed by atoms with Crippen molar-refractivity contribution in [1.82, 2.24) is 10.2 Å². The number of carbonyl (C=O) groups excluding carboxylic acids is 1. The largest absolute Gasteiger partial charge is 0.334 e. The molecule has 21 heavy (non-hydrogen) atoms. The molecule has 0 radical (unpaired) electrons. The van der Waals surface area contributed by atoms with Gasteiger partial charge < -0.3 is 10.2 Å². The van der Waals surface area contributed by atoms with E-state index in [2.05, 4.69) is 36.7 Å². The normalized spacial score (nSPS) is 28.6. The van der Waals surface area contributed by atoms with Gasteiger partial charge in [0.15, 0.2) is 0 Å². The highest BCUT2D eigenvalue weighted by Crippen LogP contribution is 2.34. The van der Waals surface area contributed by atoms with Gasteiger partial charge in [0.1, 0.15) is 0 Å². The molecule has 3 unspecified atom stereocenters. The summed E-state index contributed by atoms with van der Waals surface area (Å²) in [5.41, 5.74) is 0. The molecule has 3 atom stereocenters. The third kappa shape index (κ3) is 3.32. The van der Waals surface area contributed by atoms with E-state index in [1.54, 1.807) is 11.3 Å².